The fraction of sp³-hybridized carbons (Fsp3) is 0.700. The van der Waals surface area contributed by atoms with Crippen molar-refractivity contribution in [1.82, 2.24) is 14.9 Å². The van der Waals surface area contributed by atoms with E-state index in [9.17, 15) is 59.6 Å². The zero-order valence-electron chi connectivity index (χ0n) is 21.2. The van der Waals surface area contributed by atoms with Gasteiger partial charge in [0.2, 0.25) is 10.8 Å². The number of carbonyl (C=O) groups excluding carboxylic acids is 1. The fourth-order valence-corrected chi connectivity index (χ4v) is 7.60. The summed E-state index contributed by atoms with van der Waals surface area (Å²) in [5.41, 5.74) is 4.49. The number of aliphatic carboxylic acids is 1. The molecular formula is C20H31N4O15PS. The first-order chi connectivity index (χ1) is 19.0. The van der Waals surface area contributed by atoms with Crippen LogP contribution in [0.15, 0.2) is 17.1 Å². The van der Waals surface area contributed by atoms with Crippen LogP contribution in [0, 0.1) is 0 Å². The van der Waals surface area contributed by atoms with Crippen LogP contribution in [0.4, 0.5) is 5.82 Å². The van der Waals surface area contributed by atoms with E-state index in [0.29, 0.717) is 0 Å². The SMILES string of the molecule is CC(=O)N[C@H]1C([C@H](O)[C@H](O)CO)OC(SP(=O)(O)OC[C@H]2O[C@@H](n3ccc(N)nc3=O)[C@@H](O)C2O)(C(=O)O)C[C@H]1O. The van der Waals surface area contributed by atoms with E-state index in [1.165, 1.54) is 6.07 Å². The zero-order valence-corrected chi connectivity index (χ0v) is 22.9. The van der Waals surface area contributed by atoms with E-state index in [4.69, 9.17) is 19.7 Å². The van der Waals surface area contributed by atoms with Crippen LogP contribution >= 0.6 is 18.2 Å². The van der Waals surface area contributed by atoms with Crippen LogP contribution in [0.2, 0.25) is 0 Å². The molecule has 2 saturated heterocycles. The molecule has 19 nitrogen and oxygen atoms in total. The van der Waals surface area contributed by atoms with E-state index in [1.807, 2.05) is 0 Å². The molecule has 3 rings (SSSR count). The zero-order chi connectivity index (χ0) is 30.9. The van der Waals surface area contributed by atoms with E-state index in [-0.39, 0.29) is 17.2 Å². The van der Waals surface area contributed by atoms with Gasteiger partial charge in [0.1, 0.15) is 42.4 Å². The van der Waals surface area contributed by atoms with Gasteiger partial charge in [0.05, 0.1) is 25.4 Å². The van der Waals surface area contributed by atoms with Crippen LogP contribution in [0.25, 0.3) is 0 Å². The summed E-state index contributed by atoms with van der Waals surface area (Å²) in [7, 11) is 0. The average molecular weight is 631 g/mol. The van der Waals surface area contributed by atoms with Gasteiger partial charge in [0.15, 0.2) is 6.23 Å². The molecule has 232 valence electrons. The molecule has 2 aliphatic heterocycles. The molecule has 0 spiro atoms. The van der Waals surface area contributed by atoms with Crippen molar-refractivity contribution in [3.63, 3.8) is 0 Å². The van der Waals surface area contributed by atoms with Crippen LogP contribution in [-0.2, 0) is 28.2 Å². The molecule has 0 saturated carbocycles. The molecule has 0 radical (unpaired) electrons. The largest absolute Gasteiger partial charge is 0.478 e. The number of carboxylic acid groups (broad SMARTS) is 1. The molecule has 2 fully saturated rings. The molecule has 41 heavy (non-hydrogen) atoms. The number of nitrogens with one attached hydrogen (secondary N) is 1. The molecule has 11 atom stereocenters. The van der Waals surface area contributed by atoms with Gasteiger partial charge in [0, 0.05) is 30.9 Å². The van der Waals surface area contributed by atoms with Crippen molar-refractivity contribution in [2.75, 3.05) is 18.9 Å². The number of nitrogens with zero attached hydrogens (tertiary/aromatic N) is 2. The monoisotopic (exact) mass is 630 g/mol. The fourth-order valence-electron chi connectivity index (χ4n) is 4.32. The summed E-state index contributed by atoms with van der Waals surface area (Å²) in [6, 6.07) is -0.279. The van der Waals surface area contributed by atoms with Crippen LogP contribution in [0.5, 0.6) is 0 Å². The molecule has 2 aliphatic rings. The predicted molar refractivity (Wildman–Crippen MR) is 135 cm³/mol. The van der Waals surface area contributed by atoms with E-state index < -0.39 is 104 Å². The maximum absolute atomic E-state index is 13.0. The minimum absolute atomic E-state index is 0.121. The Bertz CT molecular complexity index is 1220. The third-order valence-electron chi connectivity index (χ3n) is 6.31. The third-order valence-corrected chi connectivity index (χ3v) is 9.65. The van der Waals surface area contributed by atoms with Crippen molar-refractivity contribution in [2.45, 2.75) is 73.3 Å². The normalized spacial score (nSPS) is 34.9. The molecule has 4 unspecified atom stereocenters. The number of amides is 1. The number of rotatable bonds is 11. The number of ether oxygens (including phenoxy) is 2. The minimum Gasteiger partial charge on any atom is -0.478 e. The minimum atomic E-state index is -5.10. The first kappa shape index (κ1) is 33.3. The van der Waals surface area contributed by atoms with Crippen molar-refractivity contribution in [2.24, 2.45) is 0 Å². The van der Waals surface area contributed by atoms with Gasteiger partial charge < -0.3 is 61.2 Å². The summed E-state index contributed by atoms with van der Waals surface area (Å²) in [4.78, 5) is 47.2. The molecule has 0 aliphatic carbocycles. The number of nitrogens with two attached hydrogens (primary N) is 1. The van der Waals surface area contributed by atoms with E-state index in [1.54, 1.807) is 0 Å². The second-order valence-electron chi connectivity index (χ2n) is 9.32. The summed E-state index contributed by atoms with van der Waals surface area (Å²) >= 11 is -0.309. The highest BCUT2D eigenvalue weighted by molar-refractivity contribution is 8.55. The lowest BCUT2D eigenvalue weighted by Crippen LogP contribution is -2.66. The van der Waals surface area contributed by atoms with Crippen molar-refractivity contribution in [3.05, 3.63) is 22.7 Å². The number of aromatic nitrogens is 2. The summed E-state index contributed by atoms with van der Waals surface area (Å²) in [6.07, 6.45) is -13.9. The second kappa shape index (κ2) is 13.0. The van der Waals surface area contributed by atoms with E-state index in [2.05, 4.69) is 10.3 Å². The number of hydrogen-bond donors (Lipinski definition) is 10. The van der Waals surface area contributed by atoms with E-state index >= 15 is 0 Å². The van der Waals surface area contributed by atoms with Crippen LogP contribution in [-0.4, -0.2) is 129 Å². The van der Waals surface area contributed by atoms with Gasteiger partial charge >= 0.3 is 18.5 Å². The van der Waals surface area contributed by atoms with Crippen LogP contribution < -0.4 is 16.7 Å². The lowest BCUT2D eigenvalue weighted by Gasteiger charge is -2.46. The van der Waals surface area contributed by atoms with Gasteiger partial charge in [-0.05, 0) is 6.07 Å². The van der Waals surface area contributed by atoms with Gasteiger partial charge in [-0.25, -0.2) is 14.2 Å². The highest BCUT2D eigenvalue weighted by atomic mass is 32.7. The summed E-state index contributed by atoms with van der Waals surface area (Å²) in [6.45, 7) is -5.98. The Balaban J connectivity index is 1.79. The van der Waals surface area contributed by atoms with Crippen molar-refractivity contribution in [3.8, 4) is 0 Å². The molecule has 0 aromatic carbocycles. The summed E-state index contributed by atoms with van der Waals surface area (Å²) in [5.74, 6) is -2.75. The number of anilines is 1. The Kier molecular flexibility index (Phi) is 10.5. The molecule has 0 bridgehead atoms. The number of carboxylic acids is 1. The molecule has 21 heteroatoms. The van der Waals surface area contributed by atoms with Gasteiger partial charge in [-0.2, -0.15) is 4.98 Å². The molecule has 3 heterocycles. The smallest absolute Gasteiger partial charge is 0.389 e. The Morgan fingerprint density at radius 2 is 2.00 bits per heavy atom. The number of aliphatic hydroxyl groups is 6. The molecule has 1 aromatic heterocycles. The Morgan fingerprint density at radius 1 is 1.34 bits per heavy atom. The van der Waals surface area contributed by atoms with Gasteiger partial charge in [-0.1, -0.05) is 0 Å². The van der Waals surface area contributed by atoms with Crippen molar-refractivity contribution < 1.29 is 68.8 Å². The summed E-state index contributed by atoms with van der Waals surface area (Å²) < 4.78 is 29.6. The Labute approximate surface area is 234 Å². The Hall–Kier alpha value is -2.20. The van der Waals surface area contributed by atoms with Crippen LogP contribution in [0.3, 0.4) is 0 Å². The maximum Gasteiger partial charge on any atom is 0.389 e. The van der Waals surface area contributed by atoms with Gasteiger partial charge in [-0.15, -0.1) is 0 Å². The average Bonchev–Trinajstić information content (AvgIpc) is 3.16. The second-order valence-corrected chi connectivity index (χ2v) is 13.3. The summed E-state index contributed by atoms with van der Waals surface area (Å²) in [5, 5.41) is 73.1. The lowest BCUT2D eigenvalue weighted by molar-refractivity contribution is -0.204. The van der Waals surface area contributed by atoms with Gasteiger partial charge in [0.25, 0.3) is 0 Å². The topological polar surface area (TPSA) is 314 Å². The predicted octanol–water partition coefficient (Wildman–Crippen LogP) is -4.56. The number of aliphatic hydroxyl groups excluding tert-OH is 6. The standard InChI is InChI=1S/C20H31N4O15PS/c1-7(26)22-12-8(27)4-20(18(32)33,39-16(12)13(29)9(28)5-25)41-40(35,36)37-6-10-14(30)15(31)17(38-10)24-3-2-11(21)23-19(24)34/h2-3,8-10,12-17,25,27-31H,4-6H2,1H3,(H,22,26)(H,32,33)(H,35,36)(H2,21,23,34)/t8-,9-,10-,12-,13-,14?,15+,16?,17-,20?/m1/s1. The number of carbonyl (C=O) groups is 2. The van der Waals surface area contributed by atoms with E-state index in [0.717, 1.165) is 17.7 Å². The lowest BCUT2D eigenvalue weighted by atomic mass is 9.90. The molecule has 1 amide bonds. The first-order valence-electron chi connectivity index (χ1n) is 11.9. The van der Waals surface area contributed by atoms with Crippen LogP contribution in [0.1, 0.15) is 19.6 Å². The highest BCUT2D eigenvalue weighted by Crippen LogP contribution is 2.64. The highest BCUT2D eigenvalue weighted by Gasteiger charge is 2.58. The van der Waals surface area contributed by atoms with Crippen molar-refractivity contribution in [1.29, 1.82) is 0 Å². The Morgan fingerprint density at radius 3 is 2.56 bits per heavy atom. The number of hydrogen-bond acceptors (Lipinski definition) is 16. The first-order valence-corrected chi connectivity index (χ1v) is 14.9. The molecule has 11 N–H and O–H groups in total. The third kappa shape index (κ3) is 7.42. The van der Waals surface area contributed by atoms with Crippen molar-refractivity contribution >= 4 is 35.9 Å². The molecular weight excluding hydrogens is 599 g/mol. The van der Waals surface area contributed by atoms with Gasteiger partial charge in [-0.3, -0.25) is 13.9 Å². The maximum atomic E-state index is 13.0. The number of nitrogen functional groups attached to an aromatic ring is 1. The quantitative estimate of drug-likeness (QED) is 0.103. The molecule has 1 aromatic rings.